The van der Waals surface area contributed by atoms with Crippen molar-refractivity contribution in [2.45, 2.75) is 64.0 Å². The molecule has 0 spiro atoms. The Morgan fingerprint density at radius 1 is 1.09 bits per heavy atom. The van der Waals surface area contributed by atoms with Gasteiger partial charge in [-0.3, -0.25) is 0 Å². The van der Waals surface area contributed by atoms with Crippen molar-refractivity contribution < 1.29 is 4.74 Å². The van der Waals surface area contributed by atoms with Crippen molar-refractivity contribution in [2.75, 3.05) is 38.0 Å². The van der Waals surface area contributed by atoms with Crippen LogP contribution in [0.2, 0.25) is 0 Å². The van der Waals surface area contributed by atoms with E-state index in [4.69, 9.17) is 14.7 Å². The van der Waals surface area contributed by atoms with Gasteiger partial charge < -0.3 is 25.3 Å². The van der Waals surface area contributed by atoms with Crippen LogP contribution in [0, 0.1) is 5.92 Å². The first-order valence-electron chi connectivity index (χ1n) is 12.8. The first kappa shape index (κ1) is 23.0. The molecule has 5 rings (SSSR count). The number of aromatic amines is 1. The van der Waals surface area contributed by atoms with Crippen LogP contribution >= 0.6 is 0 Å². The lowest BCUT2D eigenvalue weighted by Crippen LogP contribution is -2.32. The maximum Gasteiger partial charge on any atom is 0.225 e. The molecule has 0 atom stereocenters. The van der Waals surface area contributed by atoms with Crippen LogP contribution in [0.25, 0.3) is 10.9 Å². The third kappa shape index (κ3) is 4.99. The van der Waals surface area contributed by atoms with E-state index in [0.29, 0.717) is 6.04 Å². The average Bonchev–Trinajstić information content (AvgIpc) is 3.26. The van der Waals surface area contributed by atoms with Crippen molar-refractivity contribution in [3.63, 3.8) is 0 Å². The lowest BCUT2D eigenvalue weighted by atomic mass is 9.86. The van der Waals surface area contributed by atoms with Gasteiger partial charge in [-0.1, -0.05) is 0 Å². The molecule has 7 nitrogen and oxygen atoms in total. The second kappa shape index (κ2) is 10.2. The predicted molar refractivity (Wildman–Crippen MR) is 139 cm³/mol. The summed E-state index contributed by atoms with van der Waals surface area (Å²) in [6.07, 6.45) is 11.6. The summed E-state index contributed by atoms with van der Waals surface area (Å²) in [6, 6.07) is 6.66. The molecule has 0 aliphatic heterocycles. The van der Waals surface area contributed by atoms with Crippen molar-refractivity contribution >= 4 is 22.7 Å². The van der Waals surface area contributed by atoms with Crippen LogP contribution in [0.1, 0.15) is 55.3 Å². The minimum atomic E-state index is 0.467. The molecule has 0 radical (unpaired) electrons. The fourth-order valence-electron chi connectivity index (χ4n) is 5.54. The molecule has 3 N–H and O–H groups in total. The molecule has 0 bridgehead atoms. The second-order valence-corrected chi connectivity index (χ2v) is 10.1. The van der Waals surface area contributed by atoms with Crippen LogP contribution in [0.5, 0.6) is 5.75 Å². The summed E-state index contributed by atoms with van der Waals surface area (Å²) in [6.45, 7) is 1.94. The number of fused-ring (bicyclic) bond motifs is 2. The van der Waals surface area contributed by atoms with E-state index in [0.717, 1.165) is 54.9 Å². The van der Waals surface area contributed by atoms with E-state index in [-0.39, 0.29) is 0 Å². The largest absolute Gasteiger partial charge is 0.497 e. The Hall–Kier alpha value is -2.80. The number of benzene rings is 1. The molecule has 2 heterocycles. The fraction of sp³-hybridized carbons (Fsp3) is 0.556. The van der Waals surface area contributed by atoms with Crippen LogP contribution in [0.15, 0.2) is 24.4 Å². The van der Waals surface area contributed by atoms with Gasteiger partial charge in [0, 0.05) is 49.3 Å². The summed E-state index contributed by atoms with van der Waals surface area (Å²) in [4.78, 5) is 15.3. The first-order valence-corrected chi connectivity index (χ1v) is 12.8. The number of H-pyrrole nitrogens is 1. The molecule has 2 aliphatic rings. The van der Waals surface area contributed by atoms with Gasteiger partial charge in [0.05, 0.1) is 12.8 Å². The predicted octanol–water partition coefficient (Wildman–Crippen LogP) is 4.67. The highest BCUT2D eigenvalue weighted by Gasteiger charge is 2.24. The molecular formula is C27H38N6O. The number of aryl methyl sites for hydroxylation is 1. The molecular weight excluding hydrogens is 424 g/mol. The molecule has 34 heavy (non-hydrogen) atoms. The van der Waals surface area contributed by atoms with Crippen LogP contribution < -0.4 is 20.3 Å². The molecule has 0 unspecified atom stereocenters. The zero-order valence-electron chi connectivity index (χ0n) is 20.8. The molecule has 2 aliphatic carbocycles. The molecule has 182 valence electrons. The van der Waals surface area contributed by atoms with E-state index in [9.17, 15) is 0 Å². The average molecular weight is 463 g/mol. The van der Waals surface area contributed by atoms with Crippen molar-refractivity contribution in [3.05, 3.63) is 41.2 Å². The molecule has 0 amide bonds. The first-order chi connectivity index (χ1) is 16.6. The summed E-state index contributed by atoms with van der Waals surface area (Å²) in [5.41, 5.74) is 5.06. The van der Waals surface area contributed by atoms with Crippen molar-refractivity contribution in [2.24, 2.45) is 5.92 Å². The highest BCUT2D eigenvalue weighted by molar-refractivity contribution is 5.84. The lowest BCUT2D eigenvalue weighted by Gasteiger charge is -2.30. The normalized spacial score (nSPS) is 20.2. The maximum atomic E-state index is 5.39. The summed E-state index contributed by atoms with van der Waals surface area (Å²) in [5, 5.41) is 8.60. The number of methoxy groups -OCH3 is 1. The second-order valence-electron chi connectivity index (χ2n) is 10.1. The molecule has 2 aromatic heterocycles. The van der Waals surface area contributed by atoms with E-state index >= 15 is 0 Å². The summed E-state index contributed by atoms with van der Waals surface area (Å²) in [5.74, 6) is 3.54. The van der Waals surface area contributed by atoms with Gasteiger partial charge >= 0.3 is 0 Å². The van der Waals surface area contributed by atoms with Gasteiger partial charge in [-0.15, -0.1) is 0 Å². The van der Waals surface area contributed by atoms with E-state index in [1.54, 1.807) is 7.11 Å². The Labute approximate surface area is 202 Å². The Morgan fingerprint density at radius 2 is 1.91 bits per heavy atom. The Bertz CT molecular complexity index is 1120. The molecule has 1 fully saturated rings. The van der Waals surface area contributed by atoms with Gasteiger partial charge in [0.25, 0.3) is 0 Å². The molecule has 1 aromatic carbocycles. The minimum absolute atomic E-state index is 0.467. The van der Waals surface area contributed by atoms with E-state index in [2.05, 4.69) is 52.9 Å². The van der Waals surface area contributed by atoms with Gasteiger partial charge in [0.2, 0.25) is 5.95 Å². The number of nitrogens with one attached hydrogen (secondary N) is 3. The van der Waals surface area contributed by atoms with E-state index in [1.165, 1.54) is 60.7 Å². The quantitative estimate of drug-likeness (QED) is 0.451. The highest BCUT2D eigenvalue weighted by atomic mass is 16.5. The standard InChI is InChI=1S/C27H38N6O/c1-33(2)26-22-6-4-5-7-25(22)31-27(32-26)30-20-10-8-18(9-11-20)15-28-16-19-17-29-24-13-12-21(34-3)14-23(19)24/h12-14,17-18,20,28-29H,4-11,15-16H2,1-3H3,(H,30,31,32)/t18-,20+. The van der Waals surface area contributed by atoms with Gasteiger partial charge in [0.1, 0.15) is 11.6 Å². The highest BCUT2D eigenvalue weighted by Crippen LogP contribution is 2.30. The monoisotopic (exact) mass is 462 g/mol. The van der Waals surface area contributed by atoms with Crippen LogP contribution in [-0.4, -0.2) is 48.7 Å². The van der Waals surface area contributed by atoms with Crippen LogP contribution in [-0.2, 0) is 19.4 Å². The number of aromatic nitrogens is 3. The fourth-order valence-corrected chi connectivity index (χ4v) is 5.54. The zero-order chi connectivity index (χ0) is 23.5. The van der Waals surface area contributed by atoms with Crippen molar-refractivity contribution in [3.8, 4) is 5.75 Å². The Balaban J connectivity index is 1.12. The number of hydrogen-bond donors (Lipinski definition) is 3. The summed E-state index contributed by atoms with van der Waals surface area (Å²) >= 11 is 0. The molecule has 7 heteroatoms. The van der Waals surface area contributed by atoms with Gasteiger partial charge in [0.15, 0.2) is 0 Å². The summed E-state index contributed by atoms with van der Waals surface area (Å²) in [7, 11) is 5.90. The van der Waals surface area contributed by atoms with Gasteiger partial charge in [-0.2, -0.15) is 4.98 Å². The number of hydrogen-bond acceptors (Lipinski definition) is 6. The van der Waals surface area contributed by atoms with Crippen molar-refractivity contribution in [1.82, 2.24) is 20.3 Å². The van der Waals surface area contributed by atoms with E-state index < -0.39 is 0 Å². The number of ether oxygens (including phenoxy) is 1. The smallest absolute Gasteiger partial charge is 0.225 e. The zero-order valence-corrected chi connectivity index (χ0v) is 20.8. The number of nitrogens with zero attached hydrogens (tertiary/aromatic N) is 3. The van der Waals surface area contributed by atoms with Crippen LogP contribution in [0.3, 0.4) is 0 Å². The third-order valence-electron chi connectivity index (χ3n) is 7.49. The number of anilines is 2. The Kier molecular flexibility index (Phi) is 6.90. The van der Waals surface area contributed by atoms with E-state index in [1.807, 2.05) is 6.07 Å². The maximum absolute atomic E-state index is 5.39. The number of rotatable bonds is 8. The summed E-state index contributed by atoms with van der Waals surface area (Å²) < 4.78 is 5.39. The minimum Gasteiger partial charge on any atom is -0.497 e. The van der Waals surface area contributed by atoms with Gasteiger partial charge in [-0.05, 0) is 87.6 Å². The van der Waals surface area contributed by atoms with Crippen molar-refractivity contribution in [1.29, 1.82) is 0 Å². The molecule has 1 saturated carbocycles. The third-order valence-corrected chi connectivity index (χ3v) is 7.49. The van der Waals surface area contributed by atoms with Crippen LogP contribution in [0.4, 0.5) is 11.8 Å². The Morgan fingerprint density at radius 3 is 2.71 bits per heavy atom. The SMILES string of the molecule is COc1ccc2[nH]cc(CNC[C@H]3CC[C@@H](Nc4nc5c(c(N(C)C)n4)CCCC5)CC3)c2c1. The lowest BCUT2D eigenvalue weighted by molar-refractivity contribution is 0.324. The topological polar surface area (TPSA) is 78.1 Å². The molecule has 3 aromatic rings. The molecule has 0 saturated heterocycles. The van der Waals surface area contributed by atoms with Gasteiger partial charge in [-0.25, -0.2) is 4.98 Å².